The molecule has 0 aliphatic carbocycles. The van der Waals surface area contributed by atoms with Crippen molar-refractivity contribution in [1.29, 1.82) is 0 Å². The van der Waals surface area contributed by atoms with Gasteiger partial charge in [0.1, 0.15) is 11.8 Å². The van der Waals surface area contributed by atoms with Crippen molar-refractivity contribution in [2.45, 2.75) is 32.8 Å². The number of benzene rings is 2. The number of carbonyl (C=O) groups excluding carboxylic acids is 2. The quantitative estimate of drug-likeness (QED) is 0.170. The predicted molar refractivity (Wildman–Crippen MR) is 156 cm³/mol. The van der Waals surface area contributed by atoms with Gasteiger partial charge in [-0.1, -0.05) is 36.4 Å². The molecule has 1 aliphatic rings. The fourth-order valence-electron chi connectivity index (χ4n) is 4.77. The van der Waals surface area contributed by atoms with Crippen molar-refractivity contribution in [3.05, 3.63) is 94.3 Å². The Balaban J connectivity index is 1.30. The van der Waals surface area contributed by atoms with Crippen molar-refractivity contribution in [3.63, 3.8) is 0 Å². The molecule has 2 aromatic carbocycles. The van der Waals surface area contributed by atoms with Gasteiger partial charge in [-0.05, 0) is 45.0 Å². The van der Waals surface area contributed by atoms with Gasteiger partial charge in [-0.15, -0.1) is 0 Å². The molecule has 0 atom stereocenters. The highest BCUT2D eigenvalue weighted by Gasteiger charge is 2.26. The molecule has 4 aromatic rings. The largest absolute Gasteiger partial charge is 0.444 e. The fraction of sp³-hybridized carbons (Fsp3) is 0.290. The maximum atomic E-state index is 13.2. The van der Waals surface area contributed by atoms with Crippen molar-refractivity contribution in [1.82, 2.24) is 14.9 Å². The summed E-state index contributed by atoms with van der Waals surface area (Å²) in [6.07, 6.45) is 2.27. The predicted octanol–water partition coefficient (Wildman–Crippen LogP) is 5.69. The van der Waals surface area contributed by atoms with Gasteiger partial charge in [-0.3, -0.25) is 19.9 Å². The number of fused-ring (bicyclic) bond motifs is 1. The summed E-state index contributed by atoms with van der Waals surface area (Å²) in [5, 5.41) is 12.4. The molecule has 10 nitrogen and oxygen atoms in total. The normalized spacial score (nSPS) is 13.7. The van der Waals surface area contributed by atoms with Gasteiger partial charge >= 0.3 is 6.09 Å². The molecule has 0 bridgehead atoms. The first-order chi connectivity index (χ1) is 19.6. The van der Waals surface area contributed by atoms with E-state index in [0.29, 0.717) is 43.0 Å². The van der Waals surface area contributed by atoms with Gasteiger partial charge in [0.15, 0.2) is 5.78 Å². The van der Waals surface area contributed by atoms with E-state index in [1.165, 1.54) is 12.4 Å². The molecule has 1 saturated heterocycles. The minimum atomic E-state index is -0.531. The lowest BCUT2D eigenvalue weighted by molar-refractivity contribution is -0.385. The number of rotatable bonds is 6. The number of amides is 1. The van der Waals surface area contributed by atoms with Crippen molar-refractivity contribution in [2.75, 3.05) is 31.1 Å². The Morgan fingerprint density at radius 2 is 1.68 bits per heavy atom. The second-order valence-corrected chi connectivity index (χ2v) is 11.0. The molecule has 41 heavy (non-hydrogen) atoms. The second-order valence-electron chi connectivity index (χ2n) is 11.0. The van der Waals surface area contributed by atoms with Crippen LogP contribution in [0.1, 0.15) is 36.7 Å². The average molecular weight is 554 g/mol. The number of nitro groups is 1. The standard InChI is InChI=1S/C31H31N5O5/c1-31(2,3)41-30(38)35-13-11-34(12-14-35)25-10-9-22-15-24(19-32-27(22)18-25)29(37)17-23-16-26(21-7-5-4-6-8-21)33-20-28(23)36(39)40/h4-10,15-16,18-20H,11-14,17H2,1-3H3. The van der Waals surface area contributed by atoms with Crippen LogP contribution in [-0.2, 0) is 11.2 Å². The van der Waals surface area contributed by atoms with E-state index in [0.717, 1.165) is 22.2 Å². The molecule has 1 aliphatic heterocycles. The Morgan fingerprint density at radius 3 is 2.37 bits per heavy atom. The molecule has 0 radical (unpaired) electrons. The van der Waals surface area contributed by atoms with Crippen LogP contribution in [0.4, 0.5) is 16.2 Å². The van der Waals surface area contributed by atoms with Crippen LogP contribution in [0.5, 0.6) is 0 Å². The second kappa shape index (κ2) is 11.3. The summed E-state index contributed by atoms with van der Waals surface area (Å²) >= 11 is 0. The SMILES string of the molecule is CC(C)(C)OC(=O)N1CCN(c2ccc3cc(C(=O)Cc4cc(-c5ccccc5)ncc4[N+](=O)[O-])cnc3c2)CC1. The van der Waals surface area contributed by atoms with Crippen molar-refractivity contribution in [2.24, 2.45) is 0 Å². The Morgan fingerprint density at radius 1 is 0.951 bits per heavy atom. The Labute approximate surface area is 237 Å². The first kappa shape index (κ1) is 27.7. The van der Waals surface area contributed by atoms with Crippen LogP contribution in [0.2, 0.25) is 0 Å². The summed E-state index contributed by atoms with van der Waals surface area (Å²) in [6.45, 7) is 8.00. The number of carbonyl (C=O) groups is 2. The van der Waals surface area contributed by atoms with Gasteiger partial charge in [0, 0.05) is 66.6 Å². The van der Waals surface area contributed by atoms with E-state index in [9.17, 15) is 19.7 Å². The third kappa shape index (κ3) is 6.49. The number of hydrogen-bond acceptors (Lipinski definition) is 8. The summed E-state index contributed by atoms with van der Waals surface area (Å²) in [5.41, 5.74) is 3.04. The Kier molecular flexibility index (Phi) is 7.65. The zero-order valence-electron chi connectivity index (χ0n) is 23.2. The average Bonchev–Trinajstić information content (AvgIpc) is 2.96. The summed E-state index contributed by atoms with van der Waals surface area (Å²) in [4.78, 5) is 49.4. The highest BCUT2D eigenvalue weighted by molar-refractivity contribution is 6.00. The first-order valence-electron chi connectivity index (χ1n) is 13.4. The van der Waals surface area contributed by atoms with Crippen LogP contribution in [0.15, 0.2) is 73.1 Å². The van der Waals surface area contributed by atoms with E-state index in [-0.39, 0.29) is 24.0 Å². The number of Topliss-reactive ketones (excluding diaryl/α,β-unsaturated/α-hetero) is 1. The number of ketones is 1. The molecule has 210 valence electrons. The summed E-state index contributed by atoms with van der Waals surface area (Å²) in [6, 6.07) is 18.5. The van der Waals surface area contributed by atoms with Crippen LogP contribution in [0.25, 0.3) is 22.2 Å². The third-order valence-electron chi connectivity index (χ3n) is 6.87. The van der Waals surface area contributed by atoms with E-state index < -0.39 is 10.5 Å². The monoisotopic (exact) mass is 553 g/mol. The van der Waals surface area contributed by atoms with Crippen molar-refractivity contribution < 1.29 is 19.2 Å². The first-order valence-corrected chi connectivity index (χ1v) is 13.4. The molecule has 1 amide bonds. The molecule has 0 spiro atoms. The summed E-state index contributed by atoms with van der Waals surface area (Å²) < 4.78 is 5.48. The Bertz CT molecular complexity index is 1610. The van der Waals surface area contributed by atoms with Crippen LogP contribution in [0, 0.1) is 10.1 Å². The molecule has 5 rings (SSSR count). The lowest BCUT2D eigenvalue weighted by Gasteiger charge is -2.36. The van der Waals surface area contributed by atoms with Gasteiger partial charge in [0.25, 0.3) is 5.69 Å². The number of pyridine rings is 2. The minimum Gasteiger partial charge on any atom is -0.444 e. The van der Waals surface area contributed by atoms with Crippen LogP contribution in [0.3, 0.4) is 0 Å². The number of hydrogen-bond donors (Lipinski definition) is 0. The zero-order valence-corrected chi connectivity index (χ0v) is 23.2. The lowest BCUT2D eigenvalue weighted by Crippen LogP contribution is -2.50. The molecule has 1 fully saturated rings. The van der Waals surface area contributed by atoms with Crippen LogP contribution in [-0.4, -0.2) is 63.4 Å². The van der Waals surface area contributed by atoms with Crippen LogP contribution >= 0.6 is 0 Å². The highest BCUT2D eigenvalue weighted by atomic mass is 16.6. The van der Waals surface area contributed by atoms with Gasteiger partial charge in [-0.25, -0.2) is 9.78 Å². The molecular formula is C31H31N5O5. The summed E-state index contributed by atoms with van der Waals surface area (Å²) in [7, 11) is 0. The zero-order chi connectivity index (χ0) is 29.1. The Hall–Kier alpha value is -4.86. The molecule has 10 heteroatoms. The maximum absolute atomic E-state index is 13.2. The smallest absolute Gasteiger partial charge is 0.410 e. The lowest BCUT2D eigenvalue weighted by atomic mass is 10.0. The van der Waals surface area contributed by atoms with Gasteiger partial charge < -0.3 is 14.5 Å². The van der Waals surface area contributed by atoms with Crippen LogP contribution < -0.4 is 4.90 Å². The molecule has 0 unspecified atom stereocenters. The third-order valence-corrected chi connectivity index (χ3v) is 6.87. The number of ether oxygens (including phenoxy) is 1. The molecule has 2 aromatic heterocycles. The fourth-order valence-corrected chi connectivity index (χ4v) is 4.77. The van der Waals surface area contributed by atoms with Gasteiger partial charge in [-0.2, -0.15) is 0 Å². The maximum Gasteiger partial charge on any atom is 0.410 e. The number of aromatic nitrogens is 2. The summed E-state index contributed by atoms with van der Waals surface area (Å²) in [5.74, 6) is -0.268. The van der Waals surface area contributed by atoms with E-state index in [4.69, 9.17) is 4.74 Å². The van der Waals surface area contributed by atoms with E-state index in [1.54, 1.807) is 17.0 Å². The van der Waals surface area contributed by atoms with Crippen molar-refractivity contribution >= 4 is 34.2 Å². The van der Waals surface area contributed by atoms with Gasteiger partial charge in [0.05, 0.1) is 16.1 Å². The molecule has 3 heterocycles. The number of piperazine rings is 1. The minimum absolute atomic E-state index is 0.147. The highest BCUT2D eigenvalue weighted by Crippen LogP contribution is 2.27. The number of anilines is 1. The molecule has 0 saturated carbocycles. The van der Waals surface area contributed by atoms with Gasteiger partial charge in [0.2, 0.25) is 0 Å². The molecular weight excluding hydrogens is 522 g/mol. The topological polar surface area (TPSA) is 119 Å². The molecule has 0 N–H and O–H groups in total. The van der Waals surface area contributed by atoms with E-state index in [1.807, 2.05) is 69.3 Å². The number of nitrogens with zero attached hydrogens (tertiary/aromatic N) is 5. The van der Waals surface area contributed by atoms with E-state index >= 15 is 0 Å². The van der Waals surface area contributed by atoms with Crippen molar-refractivity contribution in [3.8, 4) is 11.3 Å². The van der Waals surface area contributed by atoms with E-state index in [2.05, 4.69) is 14.9 Å².